The first-order valence-electron chi connectivity index (χ1n) is 5.62. The molecule has 0 saturated heterocycles. The van der Waals surface area contributed by atoms with Crippen LogP contribution in [0.2, 0.25) is 0 Å². The van der Waals surface area contributed by atoms with Crippen LogP contribution >= 0.6 is 15.9 Å². The summed E-state index contributed by atoms with van der Waals surface area (Å²) in [5.74, 6) is 0. The fourth-order valence-corrected chi connectivity index (χ4v) is 3.72. The molecule has 18 heavy (non-hydrogen) atoms. The van der Waals surface area contributed by atoms with Crippen molar-refractivity contribution in [1.82, 2.24) is 4.31 Å². The number of benzene rings is 1. The van der Waals surface area contributed by atoms with E-state index in [0.29, 0.717) is 13.1 Å². The monoisotopic (exact) mass is 330 g/mol. The second-order valence-electron chi connectivity index (χ2n) is 4.35. The highest BCUT2D eigenvalue weighted by Crippen LogP contribution is 2.27. The van der Waals surface area contributed by atoms with Crippen LogP contribution in [0.5, 0.6) is 0 Å². The molecule has 0 bridgehead atoms. The highest BCUT2D eigenvalue weighted by atomic mass is 79.9. The van der Waals surface area contributed by atoms with Gasteiger partial charge >= 0.3 is 0 Å². The summed E-state index contributed by atoms with van der Waals surface area (Å²) in [6.07, 6.45) is 2.71. The van der Waals surface area contributed by atoms with Crippen LogP contribution in [0.15, 0.2) is 39.2 Å². The van der Waals surface area contributed by atoms with Gasteiger partial charge < -0.3 is 5.73 Å². The summed E-state index contributed by atoms with van der Waals surface area (Å²) in [5, 5.41) is 0. The Morgan fingerprint density at radius 3 is 2.67 bits per heavy atom. The van der Waals surface area contributed by atoms with E-state index < -0.39 is 10.0 Å². The zero-order chi connectivity index (χ0) is 13.3. The van der Waals surface area contributed by atoms with Gasteiger partial charge in [0.05, 0.1) is 5.69 Å². The maximum atomic E-state index is 12.4. The zero-order valence-electron chi connectivity index (χ0n) is 10.1. The number of rotatable bonds is 2. The molecule has 1 aromatic rings. The SMILES string of the molecule is CC1=CCN(S(=O)(=O)c2ccc(Br)cc2N)CC1. The quantitative estimate of drug-likeness (QED) is 0.668. The van der Waals surface area contributed by atoms with Crippen molar-refractivity contribution in [2.75, 3.05) is 18.8 Å². The van der Waals surface area contributed by atoms with Gasteiger partial charge in [-0.3, -0.25) is 0 Å². The molecule has 1 heterocycles. The number of hydrogen-bond donors (Lipinski definition) is 1. The summed E-state index contributed by atoms with van der Waals surface area (Å²) < 4.78 is 27.1. The summed E-state index contributed by atoms with van der Waals surface area (Å²) in [6, 6.07) is 4.84. The standard InChI is InChI=1S/C12H15BrN2O2S/c1-9-4-6-15(7-5-9)18(16,17)12-3-2-10(13)8-11(12)14/h2-4,8H,5-7,14H2,1H3. The lowest BCUT2D eigenvalue weighted by atomic mass is 10.1. The molecule has 0 spiro atoms. The van der Waals surface area contributed by atoms with Crippen LogP contribution in [-0.2, 0) is 10.0 Å². The number of nitrogen functional groups attached to an aromatic ring is 1. The Labute approximate surface area is 116 Å². The first-order chi connectivity index (χ1) is 8.41. The minimum Gasteiger partial charge on any atom is -0.398 e. The molecule has 0 radical (unpaired) electrons. The van der Waals surface area contributed by atoms with Gasteiger partial charge in [0.1, 0.15) is 4.90 Å². The number of halogens is 1. The number of nitrogens with zero attached hydrogens (tertiary/aromatic N) is 1. The average Bonchev–Trinajstić information content (AvgIpc) is 2.29. The molecule has 1 aliphatic rings. The van der Waals surface area contributed by atoms with Gasteiger partial charge in [-0.2, -0.15) is 4.31 Å². The third kappa shape index (κ3) is 2.60. The van der Waals surface area contributed by atoms with E-state index in [1.807, 2.05) is 13.0 Å². The van der Waals surface area contributed by atoms with Crippen molar-refractivity contribution in [3.63, 3.8) is 0 Å². The first-order valence-corrected chi connectivity index (χ1v) is 7.85. The van der Waals surface area contributed by atoms with Crippen molar-refractivity contribution in [3.8, 4) is 0 Å². The molecule has 1 aliphatic heterocycles. The Hall–Kier alpha value is -0.850. The van der Waals surface area contributed by atoms with Gasteiger partial charge in [-0.15, -0.1) is 0 Å². The Morgan fingerprint density at radius 1 is 1.39 bits per heavy atom. The number of nitrogens with two attached hydrogens (primary N) is 1. The van der Waals surface area contributed by atoms with Crippen LogP contribution in [-0.4, -0.2) is 25.8 Å². The van der Waals surface area contributed by atoms with Gasteiger partial charge in [-0.1, -0.05) is 27.6 Å². The topological polar surface area (TPSA) is 63.4 Å². The Balaban J connectivity index is 2.37. The first kappa shape index (κ1) is 13.6. The minimum absolute atomic E-state index is 0.179. The van der Waals surface area contributed by atoms with Crippen molar-refractivity contribution in [2.45, 2.75) is 18.2 Å². The fraction of sp³-hybridized carbons (Fsp3) is 0.333. The summed E-state index contributed by atoms with van der Waals surface area (Å²) in [5.41, 5.74) is 7.29. The van der Waals surface area contributed by atoms with E-state index in [0.717, 1.165) is 10.9 Å². The lowest BCUT2D eigenvalue weighted by molar-refractivity contribution is 0.431. The molecule has 4 nitrogen and oxygen atoms in total. The van der Waals surface area contributed by atoms with Crippen LogP contribution in [0.25, 0.3) is 0 Å². The highest BCUT2D eigenvalue weighted by Gasteiger charge is 2.27. The molecular formula is C12H15BrN2O2S. The van der Waals surface area contributed by atoms with Crippen molar-refractivity contribution >= 4 is 31.6 Å². The maximum Gasteiger partial charge on any atom is 0.245 e. The lowest BCUT2D eigenvalue weighted by Crippen LogP contribution is -2.35. The number of anilines is 1. The van der Waals surface area contributed by atoms with Crippen molar-refractivity contribution in [2.24, 2.45) is 0 Å². The summed E-state index contributed by atoms with van der Waals surface area (Å²) in [4.78, 5) is 0.179. The van der Waals surface area contributed by atoms with Gasteiger partial charge in [-0.05, 0) is 31.5 Å². The summed E-state index contributed by atoms with van der Waals surface area (Å²) >= 11 is 3.27. The minimum atomic E-state index is -3.49. The van der Waals surface area contributed by atoms with E-state index in [1.54, 1.807) is 18.2 Å². The molecule has 0 saturated carbocycles. The molecule has 0 atom stereocenters. The molecule has 0 fully saturated rings. The average molecular weight is 331 g/mol. The van der Waals surface area contributed by atoms with Crippen LogP contribution in [0, 0.1) is 0 Å². The maximum absolute atomic E-state index is 12.4. The Bertz CT molecular complexity index is 596. The molecule has 2 rings (SSSR count). The van der Waals surface area contributed by atoms with E-state index in [4.69, 9.17) is 5.73 Å². The second kappa shape index (κ2) is 5.03. The predicted octanol–water partition coefficient (Wildman–Crippen LogP) is 2.37. The van der Waals surface area contributed by atoms with E-state index in [9.17, 15) is 8.42 Å². The second-order valence-corrected chi connectivity index (χ2v) is 7.17. The number of hydrogen-bond acceptors (Lipinski definition) is 3. The van der Waals surface area contributed by atoms with E-state index >= 15 is 0 Å². The van der Waals surface area contributed by atoms with Gasteiger partial charge in [-0.25, -0.2) is 8.42 Å². The van der Waals surface area contributed by atoms with Crippen LogP contribution in [0.1, 0.15) is 13.3 Å². The van der Waals surface area contributed by atoms with Gasteiger partial charge in [0.2, 0.25) is 10.0 Å². The molecule has 0 unspecified atom stereocenters. The Kier molecular flexibility index (Phi) is 3.79. The summed E-state index contributed by atoms with van der Waals surface area (Å²) in [6.45, 7) is 2.95. The smallest absolute Gasteiger partial charge is 0.245 e. The largest absolute Gasteiger partial charge is 0.398 e. The van der Waals surface area contributed by atoms with Crippen molar-refractivity contribution in [3.05, 3.63) is 34.3 Å². The fourth-order valence-electron chi connectivity index (χ4n) is 1.86. The lowest BCUT2D eigenvalue weighted by Gasteiger charge is -2.25. The molecule has 98 valence electrons. The highest BCUT2D eigenvalue weighted by molar-refractivity contribution is 9.10. The third-order valence-electron chi connectivity index (χ3n) is 2.99. The number of sulfonamides is 1. The van der Waals surface area contributed by atoms with E-state index in [-0.39, 0.29) is 10.6 Å². The molecule has 0 aliphatic carbocycles. The van der Waals surface area contributed by atoms with Crippen molar-refractivity contribution < 1.29 is 8.42 Å². The predicted molar refractivity (Wildman–Crippen MR) is 75.7 cm³/mol. The van der Waals surface area contributed by atoms with Crippen LogP contribution in [0.3, 0.4) is 0 Å². The molecule has 1 aromatic carbocycles. The molecular weight excluding hydrogens is 316 g/mol. The summed E-state index contributed by atoms with van der Waals surface area (Å²) in [7, 11) is -3.49. The normalized spacial score (nSPS) is 17.6. The van der Waals surface area contributed by atoms with Crippen LogP contribution in [0.4, 0.5) is 5.69 Å². The van der Waals surface area contributed by atoms with E-state index in [2.05, 4.69) is 15.9 Å². The third-order valence-corrected chi connectivity index (χ3v) is 5.42. The van der Waals surface area contributed by atoms with Crippen LogP contribution < -0.4 is 5.73 Å². The van der Waals surface area contributed by atoms with Gasteiger partial charge in [0.25, 0.3) is 0 Å². The molecule has 6 heteroatoms. The molecule has 0 amide bonds. The van der Waals surface area contributed by atoms with Gasteiger partial charge in [0, 0.05) is 17.6 Å². The molecule has 0 aromatic heterocycles. The van der Waals surface area contributed by atoms with Crippen molar-refractivity contribution in [1.29, 1.82) is 0 Å². The Morgan fingerprint density at radius 2 is 2.11 bits per heavy atom. The van der Waals surface area contributed by atoms with E-state index in [1.165, 1.54) is 9.88 Å². The molecule has 2 N–H and O–H groups in total. The zero-order valence-corrected chi connectivity index (χ0v) is 12.5. The van der Waals surface area contributed by atoms with Gasteiger partial charge in [0.15, 0.2) is 0 Å².